The number of rotatable bonds is 9. The largest absolute Gasteiger partial charge is 0.395 e. The van der Waals surface area contributed by atoms with Crippen LogP contribution in [0.15, 0.2) is 41.3 Å². The van der Waals surface area contributed by atoms with E-state index in [-0.39, 0.29) is 24.5 Å². The highest BCUT2D eigenvalue weighted by Crippen LogP contribution is 2.54. The van der Waals surface area contributed by atoms with E-state index in [0.717, 1.165) is 32.2 Å². The predicted octanol–water partition coefficient (Wildman–Crippen LogP) is 0.428. The van der Waals surface area contributed by atoms with Crippen LogP contribution in [0.3, 0.4) is 0 Å². The monoisotopic (exact) mass is 608 g/mol. The topological polar surface area (TPSA) is 161 Å². The first-order valence-electron chi connectivity index (χ1n) is 13.6. The number of aliphatic hydroxyl groups is 1. The summed E-state index contributed by atoms with van der Waals surface area (Å²) in [5.74, 6) is -0.950. The Morgan fingerprint density at radius 1 is 0.976 bits per heavy atom. The van der Waals surface area contributed by atoms with Crippen LogP contribution in [0.25, 0.3) is 0 Å². The zero-order chi connectivity index (χ0) is 29.4. The van der Waals surface area contributed by atoms with E-state index in [1.54, 1.807) is 23.3 Å². The highest BCUT2D eigenvalue weighted by Gasteiger charge is 2.44. The van der Waals surface area contributed by atoms with Crippen molar-refractivity contribution in [3.05, 3.63) is 52.4 Å². The quantitative estimate of drug-likeness (QED) is 0.367. The van der Waals surface area contributed by atoms with Gasteiger partial charge in [0, 0.05) is 45.5 Å². The number of pyridine rings is 1. The van der Waals surface area contributed by atoms with Crippen LogP contribution in [0, 0.1) is 5.41 Å². The Balaban J connectivity index is 1.38. The number of sulfonamides is 2. The molecule has 1 aliphatic carbocycles. The average molecular weight is 609 g/mol. The van der Waals surface area contributed by atoms with Gasteiger partial charge < -0.3 is 20.3 Å². The first kappa shape index (κ1) is 29.4. The molecule has 15 heteroatoms. The number of nitrogens with zero attached hydrogens (tertiary/aromatic N) is 4. The maximum Gasteiger partial charge on any atom is 0.292 e. The summed E-state index contributed by atoms with van der Waals surface area (Å²) >= 11 is 0. The Labute approximate surface area is 239 Å². The van der Waals surface area contributed by atoms with Crippen LogP contribution in [-0.2, 0) is 20.0 Å². The summed E-state index contributed by atoms with van der Waals surface area (Å²) < 4.78 is 53.4. The van der Waals surface area contributed by atoms with Crippen molar-refractivity contribution >= 4 is 43.0 Å². The number of piperidine rings is 1. The Kier molecular flexibility index (Phi) is 8.07. The summed E-state index contributed by atoms with van der Waals surface area (Å²) in [6, 6.07) is 7.80. The minimum Gasteiger partial charge on any atom is -0.395 e. The van der Waals surface area contributed by atoms with Gasteiger partial charge in [-0.15, -0.1) is 0 Å². The van der Waals surface area contributed by atoms with Gasteiger partial charge in [0.05, 0.1) is 35.6 Å². The minimum atomic E-state index is -3.76. The fourth-order valence-electron chi connectivity index (χ4n) is 5.51. The van der Waals surface area contributed by atoms with Crippen molar-refractivity contribution in [2.45, 2.75) is 25.7 Å². The van der Waals surface area contributed by atoms with Crippen molar-refractivity contribution in [2.75, 3.05) is 77.8 Å². The van der Waals surface area contributed by atoms with E-state index in [1.165, 1.54) is 40.0 Å². The Morgan fingerprint density at radius 3 is 2.27 bits per heavy atom. The fourth-order valence-corrected chi connectivity index (χ4v) is 7.17. The minimum absolute atomic E-state index is 0.0669. The number of carbonyl (C=O) groups excluding carboxylic acids is 1. The van der Waals surface area contributed by atoms with Gasteiger partial charge in [-0.3, -0.25) is 14.3 Å². The number of anilines is 3. The maximum absolute atomic E-state index is 13.6. The van der Waals surface area contributed by atoms with Gasteiger partial charge in [-0.1, -0.05) is 0 Å². The van der Waals surface area contributed by atoms with Gasteiger partial charge in [0.1, 0.15) is 5.69 Å². The van der Waals surface area contributed by atoms with E-state index < -0.39 is 43.9 Å². The van der Waals surface area contributed by atoms with Crippen molar-refractivity contribution in [3.63, 3.8) is 0 Å². The van der Waals surface area contributed by atoms with E-state index in [4.69, 9.17) is 5.11 Å². The molecule has 2 aromatic rings. The second-order valence-corrected chi connectivity index (χ2v) is 14.8. The molecule has 1 amide bonds. The molecule has 5 rings (SSSR count). The zero-order valence-electron chi connectivity index (χ0n) is 23.0. The summed E-state index contributed by atoms with van der Waals surface area (Å²) in [5.41, 5.74) is 1.16. The van der Waals surface area contributed by atoms with E-state index >= 15 is 0 Å². The Morgan fingerprint density at radius 2 is 1.66 bits per heavy atom. The summed E-state index contributed by atoms with van der Waals surface area (Å²) in [6.07, 6.45) is 7.13. The molecule has 3 N–H and O–H groups in total. The first-order chi connectivity index (χ1) is 19.4. The number of benzene rings is 1. The molecule has 0 bridgehead atoms. The lowest BCUT2D eigenvalue weighted by Crippen LogP contribution is -2.55. The van der Waals surface area contributed by atoms with Gasteiger partial charge in [0.25, 0.3) is 11.5 Å². The van der Waals surface area contributed by atoms with Gasteiger partial charge in [-0.05, 0) is 61.4 Å². The van der Waals surface area contributed by atoms with Gasteiger partial charge in [0.15, 0.2) is 0 Å². The number of piperazine rings is 1. The molecule has 1 saturated carbocycles. The van der Waals surface area contributed by atoms with Gasteiger partial charge in [0.2, 0.25) is 20.0 Å². The number of aromatic nitrogens is 1. The molecule has 0 radical (unpaired) electrons. The normalized spacial score (nSPS) is 19.3. The Bertz CT molecular complexity index is 1570. The van der Waals surface area contributed by atoms with Crippen molar-refractivity contribution < 1.29 is 26.7 Å². The van der Waals surface area contributed by atoms with E-state index in [9.17, 15) is 26.4 Å². The molecule has 41 heavy (non-hydrogen) atoms. The van der Waals surface area contributed by atoms with Gasteiger partial charge >= 0.3 is 0 Å². The number of amides is 1. The summed E-state index contributed by atoms with van der Waals surface area (Å²) in [6.45, 7) is 2.07. The number of hydrogen-bond acceptors (Lipinski definition) is 9. The third-order valence-electron chi connectivity index (χ3n) is 8.16. The second kappa shape index (κ2) is 11.3. The third kappa shape index (κ3) is 6.68. The molecule has 0 atom stereocenters. The van der Waals surface area contributed by atoms with Crippen LogP contribution in [0.2, 0.25) is 0 Å². The Hall–Kier alpha value is -3.14. The molecular formula is C26H36N6O7S2. The van der Waals surface area contributed by atoms with Crippen LogP contribution in [0.5, 0.6) is 0 Å². The van der Waals surface area contributed by atoms with Crippen molar-refractivity contribution in [1.82, 2.24) is 8.98 Å². The lowest BCUT2D eigenvalue weighted by atomic mass is 9.93. The highest BCUT2D eigenvalue weighted by atomic mass is 32.2. The predicted molar refractivity (Wildman–Crippen MR) is 157 cm³/mol. The van der Waals surface area contributed by atoms with Gasteiger partial charge in [-0.2, -0.15) is 4.31 Å². The molecule has 224 valence electrons. The number of carbonyl (C=O) groups is 1. The molecular weight excluding hydrogens is 572 g/mol. The van der Waals surface area contributed by atoms with Crippen LogP contribution in [0.4, 0.5) is 17.1 Å². The molecule has 3 heterocycles. The SMILES string of the molecule is CS(=O)(=O)N1CCN(n2cccc(NC(=O)c3ccc(NS(=O)(=O)CCO)cc3N3CCC4(CC3)CC4)c2=O)CC1. The van der Waals surface area contributed by atoms with E-state index in [2.05, 4.69) is 14.9 Å². The molecule has 2 aliphatic heterocycles. The first-order valence-corrected chi connectivity index (χ1v) is 17.1. The van der Waals surface area contributed by atoms with Crippen LogP contribution in [0.1, 0.15) is 36.0 Å². The molecule has 0 unspecified atom stereocenters. The number of hydrogen-bond donors (Lipinski definition) is 3. The second-order valence-electron chi connectivity index (χ2n) is 11.0. The highest BCUT2D eigenvalue weighted by molar-refractivity contribution is 7.92. The van der Waals surface area contributed by atoms with Crippen LogP contribution in [-0.4, -0.2) is 94.7 Å². The molecule has 1 aromatic heterocycles. The van der Waals surface area contributed by atoms with Crippen LogP contribution < -0.4 is 25.5 Å². The van der Waals surface area contributed by atoms with Crippen molar-refractivity contribution in [3.8, 4) is 0 Å². The molecule has 1 aromatic carbocycles. The summed E-state index contributed by atoms with van der Waals surface area (Å²) in [5, 5.41) is 13.5. The van der Waals surface area contributed by atoms with Crippen molar-refractivity contribution in [1.29, 1.82) is 0 Å². The molecule has 13 nitrogen and oxygen atoms in total. The van der Waals surface area contributed by atoms with E-state index in [1.807, 2.05) is 0 Å². The molecule has 3 fully saturated rings. The average Bonchev–Trinajstić information content (AvgIpc) is 3.68. The molecule has 3 aliphatic rings. The molecule has 2 saturated heterocycles. The van der Waals surface area contributed by atoms with E-state index in [0.29, 0.717) is 29.8 Å². The number of aliphatic hydroxyl groups excluding tert-OH is 1. The summed E-state index contributed by atoms with van der Waals surface area (Å²) in [4.78, 5) is 29.0. The van der Waals surface area contributed by atoms with Gasteiger partial charge in [-0.25, -0.2) is 21.5 Å². The standard InChI is InChI=1S/C26H36N6O7S2/c1-40(36,37)31-15-13-30(14-16-31)32-10-2-3-22(25(32)35)27-24(34)21-5-4-20(28-41(38,39)18-17-33)19-23(21)29-11-8-26(6-7-26)9-12-29/h2-5,10,19,28,33H,6-9,11-18H2,1H3,(H,27,34). The maximum atomic E-state index is 13.6. The number of nitrogens with one attached hydrogen (secondary N) is 2. The fraction of sp³-hybridized carbons (Fsp3) is 0.538. The smallest absolute Gasteiger partial charge is 0.292 e. The van der Waals surface area contributed by atoms with Crippen LogP contribution >= 0.6 is 0 Å². The lowest BCUT2D eigenvalue weighted by Gasteiger charge is -2.35. The zero-order valence-corrected chi connectivity index (χ0v) is 24.6. The summed E-state index contributed by atoms with van der Waals surface area (Å²) in [7, 11) is -7.08. The van der Waals surface area contributed by atoms with Crippen molar-refractivity contribution in [2.24, 2.45) is 5.41 Å². The third-order valence-corrected chi connectivity index (χ3v) is 10.7. The molecule has 1 spiro atoms. The lowest BCUT2D eigenvalue weighted by molar-refractivity contribution is 0.102.